The first-order valence-corrected chi connectivity index (χ1v) is 9.07. The van der Waals surface area contributed by atoms with Crippen molar-refractivity contribution in [3.05, 3.63) is 60.2 Å². The number of aromatic nitrogens is 3. The van der Waals surface area contributed by atoms with Crippen molar-refractivity contribution in [2.45, 2.75) is 25.5 Å². The molecule has 24 heavy (non-hydrogen) atoms. The van der Waals surface area contributed by atoms with Gasteiger partial charge in [0.25, 0.3) is 0 Å². The molecule has 4 nitrogen and oxygen atoms in total. The Morgan fingerprint density at radius 1 is 1.00 bits per heavy atom. The largest absolute Gasteiger partial charge is 0.493 e. The first-order valence-electron chi connectivity index (χ1n) is 8.09. The number of aryl methyl sites for hydroxylation is 1. The second-order valence-electron chi connectivity index (χ2n) is 5.43. The van der Waals surface area contributed by atoms with Crippen molar-refractivity contribution in [1.82, 2.24) is 14.8 Å². The summed E-state index contributed by atoms with van der Waals surface area (Å²) in [7, 11) is 0. The Hall–Kier alpha value is -2.27. The topological polar surface area (TPSA) is 39.9 Å². The summed E-state index contributed by atoms with van der Waals surface area (Å²) in [6, 6.07) is 18.3. The molecule has 0 atom stereocenters. The molecular weight excluding hydrogens is 318 g/mol. The lowest BCUT2D eigenvalue weighted by molar-refractivity contribution is 0.344. The highest BCUT2D eigenvalue weighted by molar-refractivity contribution is 7.99. The van der Waals surface area contributed by atoms with E-state index in [1.165, 1.54) is 5.56 Å². The molecule has 0 saturated carbocycles. The predicted octanol–water partition coefficient (Wildman–Crippen LogP) is 4.44. The number of benzene rings is 2. The van der Waals surface area contributed by atoms with Crippen LogP contribution in [0.4, 0.5) is 0 Å². The summed E-state index contributed by atoms with van der Waals surface area (Å²) in [6.07, 6.45) is 0. The van der Waals surface area contributed by atoms with Crippen molar-refractivity contribution in [2.75, 3.05) is 12.4 Å². The van der Waals surface area contributed by atoms with Gasteiger partial charge in [0, 0.05) is 17.9 Å². The molecule has 0 unspecified atom stereocenters. The summed E-state index contributed by atoms with van der Waals surface area (Å²) in [5, 5.41) is 9.66. The summed E-state index contributed by atoms with van der Waals surface area (Å²) < 4.78 is 7.88. The molecule has 1 heterocycles. The van der Waals surface area contributed by atoms with E-state index in [9.17, 15) is 0 Å². The number of ether oxygens (including phenoxy) is 1. The van der Waals surface area contributed by atoms with Crippen LogP contribution in [0.5, 0.6) is 5.75 Å². The Morgan fingerprint density at radius 3 is 2.46 bits per heavy atom. The lowest BCUT2D eigenvalue weighted by Crippen LogP contribution is -2.03. The van der Waals surface area contributed by atoms with Crippen LogP contribution in [0.15, 0.2) is 59.8 Å². The molecular formula is C19H21N3OS. The van der Waals surface area contributed by atoms with E-state index in [0.717, 1.165) is 34.6 Å². The quantitative estimate of drug-likeness (QED) is 0.471. The van der Waals surface area contributed by atoms with Gasteiger partial charge in [-0.05, 0) is 26.0 Å². The molecule has 3 aromatic rings. The molecule has 0 aliphatic carbocycles. The molecule has 2 aromatic carbocycles. The molecule has 5 heteroatoms. The van der Waals surface area contributed by atoms with E-state index in [-0.39, 0.29) is 0 Å². The minimum atomic E-state index is 0.644. The summed E-state index contributed by atoms with van der Waals surface area (Å²) in [4.78, 5) is 0. The Labute approximate surface area is 146 Å². The molecule has 0 radical (unpaired) electrons. The average molecular weight is 339 g/mol. The maximum Gasteiger partial charge on any atom is 0.191 e. The zero-order valence-electron chi connectivity index (χ0n) is 14.0. The third-order valence-electron chi connectivity index (χ3n) is 3.67. The molecule has 0 bridgehead atoms. The van der Waals surface area contributed by atoms with Crippen LogP contribution in [0.3, 0.4) is 0 Å². The first-order chi connectivity index (χ1) is 11.8. The fourth-order valence-electron chi connectivity index (χ4n) is 2.41. The van der Waals surface area contributed by atoms with Crippen LogP contribution in [0.25, 0.3) is 11.4 Å². The van der Waals surface area contributed by atoms with Crippen molar-refractivity contribution >= 4 is 11.8 Å². The summed E-state index contributed by atoms with van der Waals surface area (Å²) in [5.74, 6) is 2.65. The molecule has 0 aliphatic rings. The molecule has 0 amide bonds. The number of thioether (sulfide) groups is 1. The zero-order valence-corrected chi connectivity index (χ0v) is 14.8. The van der Waals surface area contributed by atoms with Crippen molar-refractivity contribution in [2.24, 2.45) is 0 Å². The third-order valence-corrected chi connectivity index (χ3v) is 4.60. The van der Waals surface area contributed by atoms with E-state index in [0.29, 0.717) is 6.61 Å². The monoisotopic (exact) mass is 339 g/mol. The number of para-hydroxylation sites is 1. The van der Waals surface area contributed by atoms with Gasteiger partial charge in [0.15, 0.2) is 11.0 Å². The van der Waals surface area contributed by atoms with Crippen LogP contribution < -0.4 is 4.74 Å². The predicted molar refractivity (Wildman–Crippen MR) is 98.5 cm³/mol. The number of nitrogens with zero attached hydrogens (tertiary/aromatic N) is 3. The number of rotatable bonds is 7. The Morgan fingerprint density at radius 2 is 1.75 bits per heavy atom. The minimum absolute atomic E-state index is 0.644. The molecule has 124 valence electrons. The minimum Gasteiger partial charge on any atom is -0.493 e. The second-order valence-corrected chi connectivity index (χ2v) is 6.49. The van der Waals surface area contributed by atoms with Crippen LogP contribution in [-0.4, -0.2) is 27.1 Å². The number of hydrogen-bond acceptors (Lipinski definition) is 4. The second kappa shape index (κ2) is 8.02. The Balaban J connectivity index is 1.63. The third kappa shape index (κ3) is 3.97. The van der Waals surface area contributed by atoms with Gasteiger partial charge >= 0.3 is 0 Å². The molecule has 3 rings (SSSR count). The molecule has 0 saturated heterocycles. The molecule has 1 aromatic heterocycles. The summed E-state index contributed by atoms with van der Waals surface area (Å²) in [5.41, 5.74) is 2.34. The molecule has 0 aliphatic heterocycles. The normalized spacial score (nSPS) is 10.8. The summed E-state index contributed by atoms with van der Waals surface area (Å²) >= 11 is 1.67. The van der Waals surface area contributed by atoms with Gasteiger partial charge in [0.2, 0.25) is 0 Å². The van der Waals surface area contributed by atoms with E-state index >= 15 is 0 Å². The van der Waals surface area contributed by atoms with Gasteiger partial charge in [-0.15, -0.1) is 10.2 Å². The van der Waals surface area contributed by atoms with Crippen molar-refractivity contribution < 1.29 is 4.74 Å². The van der Waals surface area contributed by atoms with Crippen molar-refractivity contribution in [3.63, 3.8) is 0 Å². The summed E-state index contributed by atoms with van der Waals surface area (Å²) in [6.45, 7) is 5.69. The van der Waals surface area contributed by atoms with Gasteiger partial charge in [0.05, 0.1) is 6.61 Å². The lowest BCUT2D eigenvalue weighted by atomic mass is 10.1. The smallest absolute Gasteiger partial charge is 0.191 e. The Bertz CT molecular complexity index is 769. The van der Waals surface area contributed by atoms with Gasteiger partial charge in [-0.2, -0.15) is 0 Å². The molecule has 0 fully saturated rings. The van der Waals surface area contributed by atoms with E-state index < -0.39 is 0 Å². The SMILES string of the molecule is CCn1c(SCCOc2ccccc2)nnc1-c1ccc(C)cc1. The van der Waals surface area contributed by atoms with Gasteiger partial charge in [-0.3, -0.25) is 0 Å². The standard InChI is InChI=1S/C19H21N3OS/c1-3-22-18(16-11-9-15(2)10-12-16)20-21-19(22)24-14-13-23-17-7-5-4-6-8-17/h4-12H,3,13-14H2,1-2H3. The van der Waals surface area contributed by atoms with Gasteiger partial charge < -0.3 is 9.30 Å². The van der Waals surface area contributed by atoms with Gasteiger partial charge in [-0.1, -0.05) is 59.8 Å². The van der Waals surface area contributed by atoms with E-state index in [4.69, 9.17) is 4.74 Å². The van der Waals surface area contributed by atoms with Crippen LogP contribution in [0.2, 0.25) is 0 Å². The fraction of sp³-hybridized carbons (Fsp3) is 0.263. The lowest BCUT2D eigenvalue weighted by Gasteiger charge is -2.08. The van der Waals surface area contributed by atoms with Gasteiger partial charge in [0.1, 0.15) is 5.75 Å². The molecule has 0 spiro atoms. The van der Waals surface area contributed by atoms with E-state index in [1.807, 2.05) is 30.3 Å². The first kappa shape index (κ1) is 16.6. The van der Waals surface area contributed by atoms with E-state index in [1.54, 1.807) is 11.8 Å². The van der Waals surface area contributed by atoms with Gasteiger partial charge in [-0.25, -0.2) is 0 Å². The Kier molecular flexibility index (Phi) is 5.54. The van der Waals surface area contributed by atoms with Crippen LogP contribution in [0.1, 0.15) is 12.5 Å². The van der Waals surface area contributed by atoms with Crippen molar-refractivity contribution in [3.8, 4) is 17.1 Å². The van der Waals surface area contributed by atoms with Crippen molar-refractivity contribution in [1.29, 1.82) is 0 Å². The molecule has 0 N–H and O–H groups in total. The van der Waals surface area contributed by atoms with Crippen LogP contribution >= 0.6 is 11.8 Å². The average Bonchev–Trinajstić information content (AvgIpc) is 3.03. The maximum atomic E-state index is 5.73. The number of hydrogen-bond donors (Lipinski definition) is 0. The highest BCUT2D eigenvalue weighted by Crippen LogP contribution is 2.24. The van der Waals surface area contributed by atoms with Crippen LogP contribution in [-0.2, 0) is 6.54 Å². The zero-order chi connectivity index (χ0) is 16.8. The van der Waals surface area contributed by atoms with Crippen LogP contribution in [0, 0.1) is 6.92 Å². The maximum absolute atomic E-state index is 5.73. The van der Waals surface area contributed by atoms with E-state index in [2.05, 4.69) is 52.9 Å². The fourth-order valence-corrected chi connectivity index (χ4v) is 3.23. The highest BCUT2D eigenvalue weighted by atomic mass is 32.2. The highest BCUT2D eigenvalue weighted by Gasteiger charge is 2.12.